The third-order valence-corrected chi connectivity index (χ3v) is 4.48. The first-order chi connectivity index (χ1) is 12.3. The summed E-state index contributed by atoms with van der Waals surface area (Å²) in [6.45, 7) is 0. The number of nitrogens with one attached hydrogen (secondary N) is 1. The molecule has 0 aliphatic rings. The number of H-pyrrole nitrogens is 1. The van der Waals surface area contributed by atoms with Gasteiger partial charge in [-0.15, -0.1) is 0 Å². The molecule has 5 heteroatoms. The van der Waals surface area contributed by atoms with Gasteiger partial charge in [-0.25, -0.2) is 0 Å². The number of ether oxygens (including phenoxy) is 1. The van der Waals surface area contributed by atoms with Crippen molar-refractivity contribution in [3.63, 3.8) is 0 Å². The lowest BCUT2D eigenvalue weighted by atomic mass is 10.1. The van der Waals surface area contributed by atoms with E-state index in [1.165, 1.54) is 0 Å². The van der Waals surface area contributed by atoms with Crippen LogP contribution in [0.25, 0.3) is 44.1 Å². The van der Waals surface area contributed by atoms with Crippen molar-refractivity contribution in [2.75, 3.05) is 7.11 Å². The second-order valence-corrected chi connectivity index (χ2v) is 5.85. The van der Waals surface area contributed by atoms with Gasteiger partial charge in [0.25, 0.3) is 0 Å². The van der Waals surface area contributed by atoms with Crippen LogP contribution in [0.15, 0.2) is 61.1 Å². The van der Waals surface area contributed by atoms with Gasteiger partial charge in [0.1, 0.15) is 5.75 Å². The number of methoxy groups -OCH3 is 1. The second kappa shape index (κ2) is 5.27. The molecule has 120 valence electrons. The molecule has 0 atom stereocenters. The van der Waals surface area contributed by atoms with Crippen LogP contribution in [0, 0.1) is 0 Å². The summed E-state index contributed by atoms with van der Waals surface area (Å²) in [5.74, 6) is 0.824. The minimum Gasteiger partial charge on any atom is -0.497 e. The van der Waals surface area contributed by atoms with Gasteiger partial charge < -0.3 is 9.72 Å². The van der Waals surface area contributed by atoms with E-state index in [0.717, 1.165) is 49.8 Å². The molecule has 0 aliphatic carbocycles. The summed E-state index contributed by atoms with van der Waals surface area (Å²) < 4.78 is 5.34. The van der Waals surface area contributed by atoms with Crippen molar-refractivity contribution in [3.8, 4) is 17.0 Å². The normalized spacial score (nSPS) is 11.4. The molecule has 2 aromatic carbocycles. The van der Waals surface area contributed by atoms with E-state index in [-0.39, 0.29) is 0 Å². The van der Waals surface area contributed by atoms with Crippen molar-refractivity contribution in [1.29, 1.82) is 0 Å². The van der Waals surface area contributed by atoms with E-state index in [1.807, 2.05) is 42.6 Å². The number of hydrogen-bond acceptors (Lipinski definition) is 4. The third-order valence-electron chi connectivity index (χ3n) is 4.48. The van der Waals surface area contributed by atoms with Gasteiger partial charge in [-0.1, -0.05) is 12.1 Å². The number of hydrogen-bond donors (Lipinski definition) is 1. The molecule has 5 nitrogen and oxygen atoms in total. The Hall–Kier alpha value is -3.47. The lowest BCUT2D eigenvalue weighted by Gasteiger charge is -2.05. The minimum absolute atomic E-state index is 0.824. The number of aromatic amines is 1. The Labute approximate surface area is 143 Å². The van der Waals surface area contributed by atoms with Crippen LogP contribution in [0.5, 0.6) is 5.75 Å². The van der Waals surface area contributed by atoms with Crippen LogP contribution in [0.2, 0.25) is 0 Å². The molecule has 5 aromatic rings. The highest BCUT2D eigenvalue weighted by molar-refractivity contribution is 6.12. The van der Waals surface area contributed by atoms with Crippen molar-refractivity contribution >= 4 is 32.8 Å². The van der Waals surface area contributed by atoms with Crippen LogP contribution in [0.3, 0.4) is 0 Å². The van der Waals surface area contributed by atoms with Gasteiger partial charge in [-0.2, -0.15) is 0 Å². The highest BCUT2D eigenvalue weighted by atomic mass is 16.5. The number of nitrogens with zero attached hydrogens (tertiary/aromatic N) is 3. The fourth-order valence-electron chi connectivity index (χ4n) is 3.32. The molecule has 0 unspecified atom stereocenters. The van der Waals surface area contributed by atoms with Crippen LogP contribution in [-0.2, 0) is 0 Å². The monoisotopic (exact) mass is 326 g/mol. The number of aromatic nitrogens is 4. The SMILES string of the molecule is COc1ccc2c(c1)[nH]c1c(-c3cccc4nccnc34)nccc12. The quantitative estimate of drug-likeness (QED) is 0.524. The fraction of sp³-hybridized carbons (Fsp3) is 0.0500. The summed E-state index contributed by atoms with van der Waals surface area (Å²) in [5, 5.41) is 2.27. The Balaban J connectivity index is 1.87. The minimum atomic E-state index is 0.824. The van der Waals surface area contributed by atoms with Crippen molar-refractivity contribution in [1.82, 2.24) is 19.9 Å². The van der Waals surface area contributed by atoms with Crippen molar-refractivity contribution in [2.45, 2.75) is 0 Å². The summed E-state index contributed by atoms with van der Waals surface area (Å²) in [6.07, 6.45) is 5.25. The largest absolute Gasteiger partial charge is 0.497 e. The van der Waals surface area contributed by atoms with Gasteiger partial charge in [0, 0.05) is 41.0 Å². The topological polar surface area (TPSA) is 63.7 Å². The molecule has 0 fully saturated rings. The lowest BCUT2D eigenvalue weighted by Crippen LogP contribution is -1.90. The zero-order chi connectivity index (χ0) is 16.8. The number of para-hydroxylation sites is 1. The van der Waals surface area contributed by atoms with Gasteiger partial charge >= 0.3 is 0 Å². The van der Waals surface area contributed by atoms with E-state index in [1.54, 1.807) is 19.5 Å². The molecule has 0 saturated carbocycles. The summed E-state index contributed by atoms with van der Waals surface area (Å²) in [7, 11) is 1.67. The Bertz CT molecular complexity index is 1240. The van der Waals surface area contributed by atoms with Gasteiger partial charge in [-0.3, -0.25) is 15.0 Å². The van der Waals surface area contributed by atoms with E-state index in [0.29, 0.717) is 0 Å². The van der Waals surface area contributed by atoms with Crippen molar-refractivity contribution < 1.29 is 4.74 Å². The van der Waals surface area contributed by atoms with E-state index in [2.05, 4.69) is 26.0 Å². The zero-order valence-electron chi connectivity index (χ0n) is 13.5. The molecule has 0 radical (unpaired) electrons. The molecule has 0 bridgehead atoms. The molecule has 1 N–H and O–H groups in total. The van der Waals surface area contributed by atoms with Crippen LogP contribution >= 0.6 is 0 Å². The number of fused-ring (bicyclic) bond motifs is 4. The number of rotatable bonds is 2. The Morgan fingerprint density at radius 3 is 2.72 bits per heavy atom. The average Bonchev–Trinajstić information content (AvgIpc) is 3.05. The van der Waals surface area contributed by atoms with Gasteiger partial charge in [-0.05, 0) is 24.3 Å². The second-order valence-electron chi connectivity index (χ2n) is 5.85. The molecule has 3 heterocycles. The molecule has 3 aromatic heterocycles. The van der Waals surface area contributed by atoms with E-state index >= 15 is 0 Å². The highest BCUT2D eigenvalue weighted by Gasteiger charge is 2.14. The first kappa shape index (κ1) is 13.9. The molecule has 0 amide bonds. The van der Waals surface area contributed by atoms with E-state index in [4.69, 9.17) is 4.74 Å². The summed E-state index contributed by atoms with van der Waals surface area (Å²) >= 11 is 0. The van der Waals surface area contributed by atoms with Gasteiger partial charge in [0.2, 0.25) is 0 Å². The summed E-state index contributed by atoms with van der Waals surface area (Å²) in [5.41, 5.74) is 5.56. The smallest absolute Gasteiger partial charge is 0.120 e. The first-order valence-corrected chi connectivity index (χ1v) is 8.00. The van der Waals surface area contributed by atoms with E-state index < -0.39 is 0 Å². The average molecular weight is 326 g/mol. The maximum atomic E-state index is 5.34. The summed E-state index contributed by atoms with van der Waals surface area (Å²) in [4.78, 5) is 17.0. The number of pyridine rings is 1. The fourth-order valence-corrected chi connectivity index (χ4v) is 3.32. The van der Waals surface area contributed by atoms with Crippen LogP contribution in [-0.4, -0.2) is 27.0 Å². The molecule has 0 spiro atoms. The summed E-state index contributed by atoms with van der Waals surface area (Å²) in [6, 6.07) is 14.0. The molecular weight excluding hydrogens is 312 g/mol. The van der Waals surface area contributed by atoms with Crippen molar-refractivity contribution in [3.05, 3.63) is 61.1 Å². The molecule has 25 heavy (non-hydrogen) atoms. The molecular formula is C20H14N4O. The standard InChI is InChI=1S/C20H14N4O/c1-25-12-5-6-13-14-7-8-22-19(20(14)24-17(13)11-12)15-3-2-4-16-18(15)23-10-9-21-16/h2-11,24H,1H3. The first-order valence-electron chi connectivity index (χ1n) is 8.00. The molecule has 5 rings (SSSR count). The molecule has 0 aliphatic heterocycles. The highest BCUT2D eigenvalue weighted by Crippen LogP contribution is 2.34. The lowest BCUT2D eigenvalue weighted by molar-refractivity contribution is 0.415. The predicted octanol–water partition coefficient (Wildman–Crippen LogP) is 4.33. The van der Waals surface area contributed by atoms with Crippen LogP contribution in [0.1, 0.15) is 0 Å². The molecule has 0 saturated heterocycles. The maximum absolute atomic E-state index is 5.34. The predicted molar refractivity (Wildman–Crippen MR) is 98.7 cm³/mol. The van der Waals surface area contributed by atoms with Crippen LogP contribution in [0.4, 0.5) is 0 Å². The van der Waals surface area contributed by atoms with Crippen molar-refractivity contribution in [2.24, 2.45) is 0 Å². The van der Waals surface area contributed by atoms with Crippen LogP contribution < -0.4 is 4.74 Å². The Morgan fingerprint density at radius 1 is 0.880 bits per heavy atom. The maximum Gasteiger partial charge on any atom is 0.120 e. The third kappa shape index (κ3) is 2.06. The van der Waals surface area contributed by atoms with E-state index in [9.17, 15) is 0 Å². The Kier molecular flexibility index (Phi) is 2.94. The number of benzene rings is 2. The Morgan fingerprint density at radius 2 is 1.80 bits per heavy atom. The van der Waals surface area contributed by atoms with Gasteiger partial charge in [0.15, 0.2) is 0 Å². The zero-order valence-corrected chi connectivity index (χ0v) is 13.5. The van der Waals surface area contributed by atoms with Gasteiger partial charge in [0.05, 0.1) is 34.9 Å².